The molecule has 0 aromatic heterocycles. The second-order valence-corrected chi connectivity index (χ2v) is 8.07. The van der Waals surface area contributed by atoms with Crippen LogP contribution in [0.2, 0.25) is 0 Å². The van der Waals surface area contributed by atoms with E-state index in [4.69, 9.17) is 24.0 Å². The Morgan fingerprint density at radius 2 is 1.88 bits per heavy atom. The van der Waals surface area contributed by atoms with Gasteiger partial charge in [0.1, 0.15) is 5.75 Å². The molecule has 0 fully saturated rings. The average Bonchev–Trinajstić information content (AvgIpc) is 3.34. The number of carbonyl (C=O) groups is 1. The van der Waals surface area contributed by atoms with Gasteiger partial charge in [0.2, 0.25) is 6.23 Å². The first kappa shape index (κ1) is 21.8. The fraction of sp³-hybridized carbons (Fsp3) is 0.259. The van der Waals surface area contributed by atoms with Crippen LogP contribution in [0.4, 0.5) is 0 Å². The maximum atomic E-state index is 11.9. The van der Waals surface area contributed by atoms with E-state index in [0.29, 0.717) is 17.9 Å². The predicted octanol–water partition coefficient (Wildman–Crippen LogP) is 5.12. The van der Waals surface area contributed by atoms with Crippen molar-refractivity contribution >= 4 is 11.7 Å². The van der Waals surface area contributed by atoms with Gasteiger partial charge >= 0.3 is 5.97 Å². The molecule has 5 rings (SSSR count). The zero-order chi connectivity index (χ0) is 23.7. The summed E-state index contributed by atoms with van der Waals surface area (Å²) in [7, 11) is 3.03. The van der Waals surface area contributed by atoms with Crippen molar-refractivity contribution in [2.45, 2.75) is 25.6 Å². The lowest BCUT2D eigenvalue weighted by Gasteiger charge is -2.38. The van der Waals surface area contributed by atoms with Gasteiger partial charge in [-0.1, -0.05) is 36.4 Å². The number of rotatable bonds is 6. The van der Waals surface area contributed by atoms with Crippen LogP contribution in [0.3, 0.4) is 0 Å². The van der Waals surface area contributed by atoms with Gasteiger partial charge in [-0.3, -0.25) is 0 Å². The Morgan fingerprint density at radius 3 is 2.62 bits per heavy atom. The van der Waals surface area contributed by atoms with Crippen LogP contribution in [0.1, 0.15) is 52.7 Å². The van der Waals surface area contributed by atoms with Gasteiger partial charge in [0, 0.05) is 23.1 Å². The van der Waals surface area contributed by atoms with Gasteiger partial charge < -0.3 is 18.9 Å². The molecule has 0 spiro atoms. The van der Waals surface area contributed by atoms with Crippen molar-refractivity contribution in [1.82, 2.24) is 5.01 Å². The topological polar surface area (TPSA) is 69.6 Å². The molecule has 34 heavy (non-hydrogen) atoms. The van der Waals surface area contributed by atoms with Crippen LogP contribution >= 0.6 is 0 Å². The molecule has 0 N–H and O–H groups in total. The maximum Gasteiger partial charge on any atom is 0.337 e. The maximum absolute atomic E-state index is 11.9. The number of fused-ring (bicyclic) bond motifs is 3. The number of methoxy groups -OCH3 is 2. The molecule has 3 aromatic rings. The third-order valence-electron chi connectivity index (χ3n) is 6.10. The first-order chi connectivity index (χ1) is 16.6. The molecule has 2 aliphatic rings. The molecule has 2 heterocycles. The normalized spacial score (nSPS) is 18.3. The summed E-state index contributed by atoms with van der Waals surface area (Å²) in [5, 5.41) is 7.00. The third-order valence-corrected chi connectivity index (χ3v) is 6.10. The minimum absolute atomic E-state index is 0.0179. The molecule has 0 amide bonds. The van der Waals surface area contributed by atoms with Crippen LogP contribution < -0.4 is 14.2 Å². The molecule has 7 nitrogen and oxygen atoms in total. The number of hydrogen-bond acceptors (Lipinski definition) is 7. The van der Waals surface area contributed by atoms with Crippen LogP contribution in [-0.2, 0) is 4.74 Å². The first-order valence-corrected chi connectivity index (χ1v) is 11.2. The molecule has 0 unspecified atom stereocenters. The van der Waals surface area contributed by atoms with E-state index in [1.54, 1.807) is 19.2 Å². The second-order valence-electron chi connectivity index (χ2n) is 8.07. The highest BCUT2D eigenvalue weighted by Gasteiger charge is 2.42. The largest absolute Gasteiger partial charge is 0.497 e. The highest BCUT2D eigenvalue weighted by atomic mass is 16.5. The van der Waals surface area contributed by atoms with Gasteiger partial charge in [-0.25, -0.2) is 9.80 Å². The second kappa shape index (κ2) is 9.09. The summed E-state index contributed by atoms with van der Waals surface area (Å²) in [5.41, 5.74) is 4.37. The Morgan fingerprint density at radius 1 is 1.09 bits per heavy atom. The van der Waals surface area contributed by atoms with E-state index in [2.05, 4.69) is 6.07 Å². The highest BCUT2D eigenvalue weighted by molar-refractivity contribution is 6.02. The van der Waals surface area contributed by atoms with Crippen LogP contribution in [0.5, 0.6) is 17.2 Å². The molecule has 3 aromatic carbocycles. The number of esters is 1. The monoisotopic (exact) mass is 458 g/mol. The van der Waals surface area contributed by atoms with E-state index in [1.165, 1.54) is 7.11 Å². The van der Waals surface area contributed by atoms with Crippen molar-refractivity contribution in [2.75, 3.05) is 20.8 Å². The van der Waals surface area contributed by atoms with Gasteiger partial charge in [-0.15, -0.1) is 0 Å². The zero-order valence-corrected chi connectivity index (χ0v) is 19.4. The first-order valence-electron chi connectivity index (χ1n) is 11.2. The summed E-state index contributed by atoms with van der Waals surface area (Å²) in [5.74, 6) is 1.85. The Balaban J connectivity index is 1.57. The number of hydrogen-bond donors (Lipinski definition) is 0. The molecule has 0 saturated carbocycles. The Bertz CT molecular complexity index is 1240. The minimum Gasteiger partial charge on any atom is -0.497 e. The molecule has 0 radical (unpaired) electrons. The molecule has 0 bridgehead atoms. The summed E-state index contributed by atoms with van der Waals surface area (Å²) < 4.78 is 22.7. The molecular formula is C27H26N2O5. The third kappa shape index (κ3) is 3.83. The molecule has 174 valence electrons. The average molecular weight is 459 g/mol. The number of hydrazone groups is 1. The standard InChI is InChI=1S/C27H26N2O5/c1-4-33-24-10-6-9-21-23-16-22(19-7-5-8-20(15-19)31-2)28-29(23)26(34-25(21)24)17-11-13-18(14-12-17)27(30)32-3/h5-15,23,26H,4,16H2,1-3H3/t23-,26+/m0/s1. The smallest absolute Gasteiger partial charge is 0.337 e. The quantitative estimate of drug-likeness (QED) is 0.478. The number of benzene rings is 3. The highest BCUT2D eigenvalue weighted by Crippen LogP contribution is 2.50. The number of para-hydroxylation sites is 1. The van der Waals surface area contributed by atoms with E-state index < -0.39 is 6.23 Å². The predicted molar refractivity (Wildman–Crippen MR) is 127 cm³/mol. The lowest BCUT2D eigenvalue weighted by Crippen LogP contribution is -2.34. The Kier molecular flexibility index (Phi) is 5.84. The summed E-state index contributed by atoms with van der Waals surface area (Å²) in [4.78, 5) is 11.9. The van der Waals surface area contributed by atoms with E-state index in [9.17, 15) is 4.79 Å². The fourth-order valence-electron chi connectivity index (χ4n) is 4.45. The SMILES string of the molecule is CCOc1cccc2c1O[C@H](c1ccc(C(=O)OC)cc1)N1N=C(c3cccc(OC)c3)C[C@@H]21. The number of carbonyl (C=O) groups excluding carboxylic acids is 1. The molecule has 0 saturated heterocycles. The molecule has 0 aliphatic carbocycles. The van der Waals surface area contributed by atoms with Crippen LogP contribution in [-0.4, -0.2) is 37.5 Å². The van der Waals surface area contributed by atoms with Crippen molar-refractivity contribution in [2.24, 2.45) is 5.10 Å². The van der Waals surface area contributed by atoms with Crippen LogP contribution in [0, 0.1) is 0 Å². The number of nitrogens with zero attached hydrogens (tertiary/aromatic N) is 2. The summed E-state index contributed by atoms with van der Waals surface area (Å²) in [6, 6.07) is 21.1. The van der Waals surface area contributed by atoms with Gasteiger partial charge in [0.25, 0.3) is 0 Å². The number of ether oxygens (including phenoxy) is 4. The summed E-state index contributed by atoms with van der Waals surface area (Å²) >= 11 is 0. The van der Waals surface area contributed by atoms with Crippen LogP contribution in [0.25, 0.3) is 0 Å². The van der Waals surface area contributed by atoms with Crippen molar-refractivity contribution in [3.8, 4) is 17.2 Å². The Labute approximate surface area is 198 Å². The van der Waals surface area contributed by atoms with E-state index in [0.717, 1.165) is 40.3 Å². The van der Waals surface area contributed by atoms with Gasteiger partial charge in [0.15, 0.2) is 11.5 Å². The molecule has 2 atom stereocenters. The lowest BCUT2D eigenvalue weighted by molar-refractivity contribution is -0.0212. The molecular weight excluding hydrogens is 432 g/mol. The summed E-state index contributed by atoms with van der Waals surface area (Å²) in [6.45, 7) is 2.50. The van der Waals surface area contributed by atoms with Crippen molar-refractivity contribution in [3.63, 3.8) is 0 Å². The Hall–Kier alpha value is -4.00. The zero-order valence-electron chi connectivity index (χ0n) is 19.4. The van der Waals surface area contributed by atoms with Crippen molar-refractivity contribution in [1.29, 1.82) is 0 Å². The van der Waals surface area contributed by atoms with Crippen LogP contribution in [0.15, 0.2) is 71.8 Å². The van der Waals surface area contributed by atoms with E-state index >= 15 is 0 Å². The molecule has 2 aliphatic heterocycles. The van der Waals surface area contributed by atoms with Gasteiger partial charge in [-0.2, -0.15) is 5.10 Å². The van der Waals surface area contributed by atoms with E-state index in [1.807, 2.05) is 60.5 Å². The van der Waals surface area contributed by atoms with Crippen molar-refractivity contribution < 1.29 is 23.7 Å². The van der Waals surface area contributed by atoms with Crippen molar-refractivity contribution in [3.05, 3.63) is 89.0 Å². The molecule has 7 heteroatoms. The van der Waals surface area contributed by atoms with Gasteiger partial charge in [-0.05, 0) is 37.3 Å². The summed E-state index contributed by atoms with van der Waals surface area (Å²) in [6.07, 6.45) is 0.240. The van der Waals surface area contributed by atoms with E-state index in [-0.39, 0.29) is 12.0 Å². The minimum atomic E-state index is -0.478. The lowest BCUT2D eigenvalue weighted by atomic mass is 9.95. The van der Waals surface area contributed by atoms with Gasteiger partial charge in [0.05, 0.1) is 38.1 Å². The fourth-order valence-corrected chi connectivity index (χ4v) is 4.45.